The molecule has 4 rings (SSSR count). The zero-order valence-electron chi connectivity index (χ0n) is 19.5. The zero-order chi connectivity index (χ0) is 23.9. The van der Waals surface area contributed by atoms with Gasteiger partial charge in [-0.3, -0.25) is 4.79 Å². The van der Waals surface area contributed by atoms with Crippen LogP contribution in [0.25, 0.3) is 10.9 Å². The highest BCUT2D eigenvalue weighted by Gasteiger charge is 2.22. The molecular formula is C26H29N3O5. The van der Waals surface area contributed by atoms with E-state index in [1.54, 1.807) is 37.4 Å². The lowest BCUT2D eigenvalue weighted by Crippen LogP contribution is -2.25. The van der Waals surface area contributed by atoms with Gasteiger partial charge >= 0.3 is 5.97 Å². The predicted octanol–water partition coefficient (Wildman–Crippen LogP) is 4.28. The van der Waals surface area contributed by atoms with Crippen LogP contribution in [-0.2, 0) is 9.53 Å². The molecule has 0 bridgehead atoms. The van der Waals surface area contributed by atoms with Crippen LogP contribution >= 0.6 is 0 Å². The fraction of sp³-hybridized carbons (Fsp3) is 0.385. The van der Waals surface area contributed by atoms with Crippen molar-refractivity contribution in [1.82, 2.24) is 9.66 Å². The average Bonchev–Trinajstić information content (AvgIpc) is 2.87. The van der Waals surface area contributed by atoms with Crippen LogP contribution in [0.2, 0.25) is 0 Å². The molecule has 1 aliphatic carbocycles. The molecule has 0 aliphatic heterocycles. The van der Waals surface area contributed by atoms with Gasteiger partial charge in [0.15, 0.2) is 18.1 Å². The lowest BCUT2D eigenvalue weighted by molar-refractivity contribution is -0.145. The van der Waals surface area contributed by atoms with Gasteiger partial charge in [-0.25, -0.2) is 9.78 Å². The van der Waals surface area contributed by atoms with Gasteiger partial charge in [-0.05, 0) is 44.0 Å². The Kier molecular flexibility index (Phi) is 7.57. The minimum Gasteiger partial charge on any atom is -0.493 e. The Hall–Kier alpha value is -3.68. The number of ether oxygens (including phenoxy) is 3. The van der Waals surface area contributed by atoms with Crippen molar-refractivity contribution in [2.45, 2.75) is 44.9 Å². The Morgan fingerprint density at radius 3 is 2.71 bits per heavy atom. The highest BCUT2D eigenvalue weighted by atomic mass is 16.6. The molecule has 0 amide bonds. The number of hydrogen-bond donors (Lipinski definition) is 0. The van der Waals surface area contributed by atoms with E-state index in [2.05, 4.69) is 5.10 Å². The molecule has 1 aromatic heterocycles. The maximum atomic E-state index is 13.4. The summed E-state index contributed by atoms with van der Waals surface area (Å²) in [4.78, 5) is 30.1. The monoisotopic (exact) mass is 463 g/mol. The summed E-state index contributed by atoms with van der Waals surface area (Å²) in [7, 11) is 1.52. The number of carbonyl (C=O) groups is 1. The average molecular weight is 464 g/mol. The standard InChI is InChI=1S/C26H29N3O5/c1-3-33-23(30)17-34-24-19(12-9-15-22(24)32-2)16-27-29-25(18-10-5-4-6-11-18)28-21-14-8-7-13-20(21)26(29)31/h7-9,12-16,18H,3-6,10-11,17H2,1-2H3. The van der Waals surface area contributed by atoms with Crippen molar-refractivity contribution in [3.05, 3.63) is 64.2 Å². The number of rotatable bonds is 8. The number of fused-ring (bicyclic) bond motifs is 1. The summed E-state index contributed by atoms with van der Waals surface area (Å²) in [6, 6.07) is 12.6. The highest BCUT2D eigenvalue weighted by molar-refractivity contribution is 5.85. The minimum absolute atomic E-state index is 0.174. The molecule has 0 spiro atoms. The Labute approximate surface area is 198 Å². The first-order valence-corrected chi connectivity index (χ1v) is 11.6. The number of nitrogens with zero attached hydrogens (tertiary/aromatic N) is 3. The molecule has 0 N–H and O–H groups in total. The lowest BCUT2D eigenvalue weighted by Gasteiger charge is -2.22. The smallest absolute Gasteiger partial charge is 0.344 e. The number of para-hydroxylation sites is 2. The second-order valence-electron chi connectivity index (χ2n) is 8.16. The van der Waals surface area contributed by atoms with Gasteiger partial charge in [0.05, 0.1) is 30.8 Å². The molecule has 2 aromatic carbocycles. The summed E-state index contributed by atoms with van der Waals surface area (Å²) in [6.45, 7) is 1.74. The third-order valence-electron chi connectivity index (χ3n) is 5.93. The second kappa shape index (κ2) is 11.0. The van der Waals surface area contributed by atoms with Crippen molar-refractivity contribution >= 4 is 23.1 Å². The number of benzene rings is 2. The highest BCUT2D eigenvalue weighted by Crippen LogP contribution is 2.32. The van der Waals surface area contributed by atoms with Crippen LogP contribution in [0.15, 0.2) is 52.4 Å². The first-order chi connectivity index (χ1) is 16.6. The Balaban J connectivity index is 1.75. The van der Waals surface area contributed by atoms with E-state index in [1.165, 1.54) is 18.2 Å². The van der Waals surface area contributed by atoms with E-state index in [0.717, 1.165) is 25.7 Å². The molecule has 1 aliphatic rings. The third kappa shape index (κ3) is 5.11. The fourth-order valence-electron chi connectivity index (χ4n) is 4.28. The molecule has 0 radical (unpaired) electrons. The van der Waals surface area contributed by atoms with Gasteiger partial charge in [0.2, 0.25) is 0 Å². The second-order valence-corrected chi connectivity index (χ2v) is 8.16. The predicted molar refractivity (Wildman–Crippen MR) is 130 cm³/mol. The summed E-state index contributed by atoms with van der Waals surface area (Å²) in [5.74, 6) is 1.17. The molecule has 1 fully saturated rings. The fourth-order valence-corrected chi connectivity index (χ4v) is 4.28. The third-order valence-corrected chi connectivity index (χ3v) is 5.93. The van der Waals surface area contributed by atoms with Gasteiger partial charge in [-0.15, -0.1) is 0 Å². The first-order valence-electron chi connectivity index (χ1n) is 11.6. The summed E-state index contributed by atoms with van der Waals surface area (Å²) in [5, 5.41) is 5.08. The zero-order valence-corrected chi connectivity index (χ0v) is 19.5. The van der Waals surface area contributed by atoms with Gasteiger partial charge in [0.25, 0.3) is 5.56 Å². The molecule has 178 valence electrons. The molecule has 0 saturated heterocycles. The largest absolute Gasteiger partial charge is 0.493 e. The maximum absolute atomic E-state index is 13.4. The van der Waals surface area contributed by atoms with Crippen molar-refractivity contribution in [1.29, 1.82) is 0 Å². The van der Waals surface area contributed by atoms with Crippen molar-refractivity contribution in [3.8, 4) is 11.5 Å². The number of carbonyl (C=O) groups excluding carboxylic acids is 1. The van der Waals surface area contributed by atoms with Crippen LogP contribution in [0.1, 0.15) is 56.3 Å². The van der Waals surface area contributed by atoms with E-state index in [-0.39, 0.29) is 24.7 Å². The van der Waals surface area contributed by atoms with E-state index in [4.69, 9.17) is 19.2 Å². The molecular weight excluding hydrogens is 434 g/mol. The Morgan fingerprint density at radius 2 is 1.94 bits per heavy atom. The SMILES string of the molecule is CCOC(=O)COc1c(C=Nn2c(C3CCCCC3)nc3ccccc3c2=O)cccc1OC. The van der Waals surface area contributed by atoms with Crippen molar-refractivity contribution in [2.24, 2.45) is 5.10 Å². The van der Waals surface area contributed by atoms with Crippen LogP contribution in [0, 0.1) is 0 Å². The molecule has 0 atom stereocenters. The normalized spacial score (nSPS) is 14.4. The van der Waals surface area contributed by atoms with Crippen LogP contribution in [0.3, 0.4) is 0 Å². The van der Waals surface area contributed by atoms with Gasteiger partial charge in [-0.1, -0.05) is 37.5 Å². The van der Waals surface area contributed by atoms with Gasteiger partial charge in [0.1, 0.15) is 5.82 Å². The van der Waals surface area contributed by atoms with Gasteiger partial charge in [0, 0.05) is 11.5 Å². The summed E-state index contributed by atoms with van der Waals surface area (Å²) in [6.07, 6.45) is 6.92. The van der Waals surface area contributed by atoms with Crippen molar-refractivity contribution in [3.63, 3.8) is 0 Å². The van der Waals surface area contributed by atoms with Crippen molar-refractivity contribution in [2.75, 3.05) is 20.3 Å². The number of aromatic nitrogens is 2. The van der Waals surface area contributed by atoms with Crippen LogP contribution in [-0.4, -0.2) is 42.2 Å². The number of hydrogen-bond acceptors (Lipinski definition) is 7. The molecule has 3 aromatic rings. The molecule has 8 nitrogen and oxygen atoms in total. The molecule has 8 heteroatoms. The number of methoxy groups -OCH3 is 1. The molecule has 1 heterocycles. The van der Waals surface area contributed by atoms with Gasteiger partial charge in [-0.2, -0.15) is 9.78 Å². The van der Waals surface area contributed by atoms with E-state index in [1.807, 2.05) is 18.2 Å². The van der Waals surface area contributed by atoms with Crippen LogP contribution in [0.4, 0.5) is 0 Å². The van der Waals surface area contributed by atoms with E-state index in [0.29, 0.717) is 33.8 Å². The van der Waals surface area contributed by atoms with Crippen LogP contribution in [0.5, 0.6) is 11.5 Å². The quantitative estimate of drug-likeness (QED) is 0.366. The summed E-state index contributed by atoms with van der Waals surface area (Å²) >= 11 is 0. The van der Waals surface area contributed by atoms with Crippen LogP contribution < -0.4 is 15.0 Å². The van der Waals surface area contributed by atoms with E-state index < -0.39 is 5.97 Å². The molecule has 34 heavy (non-hydrogen) atoms. The van der Waals surface area contributed by atoms with Gasteiger partial charge < -0.3 is 14.2 Å². The first kappa shape index (κ1) is 23.5. The minimum atomic E-state index is -0.481. The maximum Gasteiger partial charge on any atom is 0.344 e. The Bertz CT molecular complexity index is 1240. The number of esters is 1. The summed E-state index contributed by atoms with van der Waals surface area (Å²) in [5.41, 5.74) is 1.04. The van der Waals surface area contributed by atoms with Crippen molar-refractivity contribution < 1.29 is 19.0 Å². The topological polar surface area (TPSA) is 92.0 Å². The van der Waals surface area contributed by atoms with E-state index >= 15 is 0 Å². The molecule has 1 saturated carbocycles. The van der Waals surface area contributed by atoms with E-state index in [9.17, 15) is 9.59 Å². The Morgan fingerprint density at radius 1 is 1.15 bits per heavy atom. The summed E-state index contributed by atoms with van der Waals surface area (Å²) < 4.78 is 17.5. The lowest BCUT2D eigenvalue weighted by atomic mass is 9.88. The molecule has 0 unspecified atom stereocenters.